The molecule has 0 saturated heterocycles. The topological polar surface area (TPSA) is 83.4 Å². The van der Waals surface area contributed by atoms with Crippen molar-refractivity contribution in [2.75, 3.05) is 5.32 Å². The maximum absolute atomic E-state index is 9.26. The highest BCUT2D eigenvalue weighted by molar-refractivity contribution is 5.56. The van der Waals surface area contributed by atoms with Gasteiger partial charge in [-0.15, -0.1) is 0 Å². The number of hydrogen-bond donors (Lipinski definition) is 1. The maximum atomic E-state index is 9.26. The van der Waals surface area contributed by atoms with Crippen LogP contribution in [0.5, 0.6) is 0 Å². The lowest BCUT2D eigenvalue weighted by molar-refractivity contribution is 0.514. The zero-order valence-corrected chi connectivity index (χ0v) is 11.3. The van der Waals surface area contributed by atoms with Crippen LogP contribution >= 0.6 is 0 Å². The fraction of sp³-hybridized carbons (Fsp3) is 0.438. The molecule has 1 aromatic carbocycles. The number of nitriles is 3. The van der Waals surface area contributed by atoms with Gasteiger partial charge in [0.25, 0.3) is 0 Å². The van der Waals surface area contributed by atoms with E-state index in [2.05, 4.69) is 11.4 Å². The zero-order valence-electron chi connectivity index (χ0n) is 11.3. The number of nitrogens with one attached hydrogen (secondary N) is 1. The Morgan fingerprint density at radius 2 is 1.70 bits per heavy atom. The summed E-state index contributed by atoms with van der Waals surface area (Å²) in [5, 5.41) is 30.6. The zero-order chi connectivity index (χ0) is 14.4. The minimum absolute atomic E-state index is 0.0127. The van der Waals surface area contributed by atoms with Crippen LogP contribution in [0, 0.1) is 39.9 Å². The van der Waals surface area contributed by atoms with E-state index in [0.29, 0.717) is 11.1 Å². The lowest BCUT2D eigenvalue weighted by atomic mass is 9.96. The highest BCUT2D eigenvalue weighted by Crippen LogP contribution is 2.26. The molecular formula is C16H16N4. The van der Waals surface area contributed by atoms with Crippen molar-refractivity contribution in [3.8, 4) is 18.2 Å². The summed E-state index contributed by atoms with van der Waals surface area (Å²) in [6.45, 7) is 0. The summed E-state index contributed by atoms with van der Waals surface area (Å²) in [5.74, 6) is 0.0127. The average Bonchev–Trinajstić information content (AvgIpc) is 2.72. The van der Waals surface area contributed by atoms with Crippen molar-refractivity contribution in [3.05, 3.63) is 29.3 Å². The Balaban J connectivity index is 2.19. The van der Waals surface area contributed by atoms with E-state index in [-0.39, 0.29) is 12.0 Å². The Bertz CT molecular complexity index is 600. The maximum Gasteiger partial charge on any atom is 0.101 e. The van der Waals surface area contributed by atoms with E-state index in [1.54, 1.807) is 18.2 Å². The number of rotatable bonds is 2. The molecule has 0 amide bonds. The van der Waals surface area contributed by atoms with Gasteiger partial charge < -0.3 is 5.32 Å². The highest BCUT2D eigenvalue weighted by atomic mass is 14.9. The van der Waals surface area contributed by atoms with Gasteiger partial charge in [-0.2, -0.15) is 15.8 Å². The Labute approximate surface area is 119 Å². The van der Waals surface area contributed by atoms with Crippen LogP contribution in [0.3, 0.4) is 0 Å². The molecule has 1 aromatic rings. The standard InChI is InChI=1S/C16H16N4/c17-9-12-6-7-15(8-14(12)11-19)20-16-5-3-1-2-4-13(16)10-18/h6-8,13,16,20H,1-5H2. The van der Waals surface area contributed by atoms with E-state index >= 15 is 0 Å². The van der Waals surface area contributed by atoms with Crippen molar-refractivity contribution in [2.45, 2.75) is 38.1 Å². The molecule has 1 aliphatic rings. The summed E-state index contributed by atoms with van der Waals surface area (Å²) < 4.78 is 0. The van der Waals surface area contributed by atoms with Gasteiger partial charge in [0.1, 0.15) is 12.1 Å². The van der Waals surface area contributed by atoms with Gasteiger partial charge in [0.2, 0.25) is 0 Å². The molecule has 2 unspecified atom stereocenters. The Morgan fingerprint density at radius 1 is 0.950 bits per heavy atom. The van der Waals surface area contributed by atoms with Crippen molar-refractivity contribution in [1.29, 1.82) is 15.8 Å². The minimum Gasteiger partial charge on any atom is -0.381 e. The van der Waals surface area contributed by atoms with E-state index in [1.165, 1.54) is 6.42 Å². The lowest BCUT2D eigenvalue weighted by Gasteiger charge is -2.22. The second kappa shape index (κ2) is 6.60. The van der Waals surface area contributed by atoms with Crippen LogP contribution in [0.15, 0.2) is 18.2 Å². The monoisotopic (exact) mass is 264 g/mol. The van der Waals surface area contributed by atoms with E-state index in [4.69, 9.17) is 10.5 Å². The second-order valence-corrected chi connectivity index (χ2v) is 5.11. The van der Waals surface area contributed by atoms with Gasteiger partial charge in [0.05, 0.1) is 23.1 Å². The van der Waals surface area contributed by atoms with Crippen LogP contribution in [0.1, 0.15) is 43.2 Å². The van der Waals surface area contributed by atoms with Gasteiger partial charge >= 0.3 is 0 Å². The Kier molecular flexibility index (Phi) is 4.59. The first kappa shape index (κ1) is 13.9. The molecule has 0 aliphatic heterocycles. The first-order valence-corrected chi connectivity index (χ1v) is 6.89. The van der Waals surface area contributed by atoms with Crippen molar-refractivity contribution in [1.82, 2.24) is 0 Å². The lowest BCUT2D eigenvalue weighted by Crippen LogP contribution is -2.27. The van der Waals surface area contributed by atoms with Gasteiger partial charge in [-0.1, -0.05) is 19.3 Å². The second-order valence-electron chi connectivity index (χ2n) is 5.11. The normalized spacial score (nSPS) is 21.9. The predicted molar refractivity (Wildman–Crippen MR) is 75.5 cm³/mol. The first-order valence-electron chi connectivity index (χ1n) is 6.89. The van der Waals surface area contributed by atoms with Gasteiger partial charge in [-0.25, -0.2) is 0 Å². The third kappa shape index (κ3) is 3.08. The summed E-state index contributed by atoms with van der Waals surface area (Å²) in [7, 11) is 0. The number of benzene rings is 1. The number of nitrogens with zero attached hydrogens (tertiary/aromatic N) is 3. The fourth-order valence-corrected chi connectivity index (χ4v) is 2.67. The molecule has 1 fully saturated rings. The smallest absolute Gasteiger partial charge is 0.101 e. The fourth-order valence-electron chi connectivity index (χ4n) is 2.67. The molecule has 0 aromatic heterocycles. The van der Waals surface area contributed by atoms with Crippen molar-refractivity contribution < 1.29 is 0 Å². The van der Waals surface area contributed by atoms with Crippen LogP contribution in [0.25, 0.3) is 0 Å². The third-order valence-corrected chi connectivity index (χ3v) is 3.79. The summed E-state index contributed by atoms with van der Waals surface area (Å²) in [6, 6.07) is 11.7. The molecule has 1 N–H and O–H groups in total. The van der Waals surface area contributed by atoms with E-state index < -0.39 is 0 Å². The summed E-state index contributed by atoms with van der Waals surface area (Å²) in [4.78, 5) is 0. The molecule has 2 rings (SSSR count). The van der Waals surface area contributed by atoms with Crippen LogP contribution in [0.2, 0.25) is 0 Å². The van der Waals surface area contributed by atoms with E-state index in [9.17, 15) is 5.26 Å². The average molecular weight is 264 g/mol. The van der Waals surface area contributed by atoms with Gasteiger partial charge in [0, 0.05) is 11.7 Å². The molecule has 0 bridgehead atoms. The highest BCUT2D eigenvalue weighted by Gasteiger charge is 2.23. The first-order chi connectivity index (χ1) is 9.78. The molecule has 4 nitrogen and oxygen atoms in total. The van der Waals surface area contributed by atoms with Crippen molar-refractivity contribution >= 4 is 5.69 Å². The number of anilines is 1. The molecule has 20 heavy (non-hydrogen) atoms. The third-order valence-electron chi connectivity index (χ3n) is 3.79. The molecular weight excluding hydrogens is 248 g/mol. The molecule has 100 valence electrons. The summed E-state index contributed by atoms with van der Waals surface area (Å²) in [5.41, 5.74) is 1.57. The Morgan fingerprint density at radius 3 is 2.40 bits per heavy atom. The summed E-state index contributed by atoms with van der Waals surface area (Å²) in [6.07, 6.45) is 5.30. The quantitative estimate of drug-likeness (QED) is 0.830. The minimum atomic E-state index is 0.0127. The van der Waals surface area contributed by atoms with Crippen molar-refractivity contribution in [3.63, 3.8) is 0 Å². The van der Waals surface area contributed by atoms with E-state index in [1.807, 2.05) is 12.1 Å². The van der Waals surface area contributed by atoms with Gasteiger partial charge in [0.15, 0.2) is 0 Å². The molecule has 1 aliphatic carbocycles. The Hall–Kier alpha value is -2.51. The van der Waals surface area contributed by atoms with Crippen LogP contribution in [-0.2, 0) is 0 Å². The van der Waals surface area contributed by atoms with Crippen LogP contribution in [0.4, 0.5) is 5.69 Å². The molecule has 0 heterocycles. The number of hydrogen-bond acceptors (Lipinski definition) is 4. The van der Waals surface area contributed by atoms with Gasteiger partial charge in [-0.05, 0) is 31.0 Å². The van der Waals surface area contributed by atoms with Crippen LogP contribution in [-0.4, -0.2) is 6.04 Å². The van der Waals surface area contributed by atoms with E-state index in [0.717, 1.165) is 31.4 Å². The predicted octanol–water partition coefficient (Wildman–Crippen LogP) is 3.31. The summed E-state index contributed by atoms with van der Waals surface area (Å²) >= 11 is 0. The SMILES string of the molecule is N#Cc1ccc(NC2CCCCCC2C#N)cc1C#N. The molecule has 0 spiro atoms. The van der Waals surface area contributed by atoms with Crippen LogP contribution < -0.4 is 5.32 Å². The molecule has 4 heteroatoms. The van der Waals surface area contributed by atoms with Gasteiger partial charge in [-0.3, -0.25) is 0 Å². The molecule has 0 radical (unpaired) electrons. The molecule has 1 saturated carbocycles. The molecule has 2 atom stereocenters. The largest absolute Gasteiger partial charge is 0.381 e. The van der Waals surface area contributed by atoms with Crippen molar-refractivity contribution in [2.24, 2.45) is 5.92 Å².